The normalized spacial score (nSPS) is 11.9. The van der Waals surface area contributed by atoms with E-state index in [4.69, 9.17) is 9.47 Å². The van der Waals surface area contributed by atoms with Crippen molar-refractivity contribution in [1.29, 1.82) is 0 Å². The number of hydrogen-bond acceptors (Lipinski definition) is 4. The van der Waals surface area contributed by atoms with Crippen molar-refractivity contribution in [2.45, 2.75) is 32.6 Å². The molecular formula is C16H23NO3Si. The molecule has 0 saturated carbocycles. The van der Waals surface area contributed by atoms with Crippen molar-refractivity contribution in [1.82, 2.24) is 0 Å². The van der Waals surface area contributed by atoms with E-state index in [0.29, 0.717) is 6.61 Å². The van der Waals surface area contributed by atoms with Gasteiger partial charge in [-0.05, 0) is 31.2 Å². The Bertz CT molecular complexity index is 523. The number of nitrogens with one attached hydrogen (secondary N) is 1. The Kier molecular flexibility index (Phi) is 6.31. The lowest BCUT2D eigenvalue weighted by Crippen LogP contribution is -2.31. The van der Waals surface area contributed by atoms with E-state index in [9.17, 15) is 4.79 Å². The van der Waals surface area contributed by atoms with Gasteiger partial charge in [-0.15, -0.1) is 5.54 Å². The monoisotopic (exact) mass is 305 g/mol. The standard InChI is InChI=1S/C16H23NO3Si/c1-6-20-16(18)15(11-12-21(3,4)5)17-13-7-9-14(19-2)10-8-13/h7-10,15,17H,6H2,1-5H3. The van der Waals surface area contributed by atoms with Crippen LogP contribution in [-0.2, 0) is 9.53 Å². The lowest BCUT2D eigenvalue weighted by atomic mass is 10.2. The molecule has 0 aliphatic heterocycles. The molecular weight excluding hydrogens is 282 g/mol. The molecule has 114 valence electrons. The number of carbonyl (C=O) groups is 1. The third-order valence-corrected chi connectivity index (χ3v) is 3.41. The van der Waals surface area contributed by atoms with Gasteiger partial charge in [0.05, 0.1) is 13.7 Å². The second-order valence-electron chi connectivity index (χ2n) is 5.58. The highest BCUT2D eigenvalue weighted by atomic mass is 28.3. The second-order valence-corrected chi connectivity index (χ2v) is 10.3. The third kappa shape index (κ3) is 6.37. The second kappa shape index (κ2) is 7.74. The predicted molar refractivity (Wildman–Crippen MR) is 88.2 cm³/mol. The molecule has 21 heavy (non-hydrogen) atoms. The van der Waals surface area contributed by atoms with Gasteiger partial charge in [-0.3, -0.25) is 0 Å². The van der Waals surface area contributed by atoms with Crippen LogP contribution in [0.5, 0.6) is 5.75 Å². The molecule has 0 aliphatic carbocycles. The van der Waals surface area contributed by atoms with Crippen molar-refractivity contribution in [2.24, 2.45) is 0 Å². The minimum atomic E-state index is -1.55. The number of anilines is 1. The smallest absolute Gasteiger partial charge is 0.341 e. The fraction of sp³-hybridized carbons (Fsp3) is 0.438. The molecule has 1 atom stereocenters. The van der Waals surface area contributed by atoms with Gasteiger partial charge in [0.15, 0.2) is 6.04 Å². The molecule has 1 aromatic rings. The van der Waals surface area contributed by atoms with Crippen LogP contribution in [0, 0.1) is 11.5 Å². The fourth-order valence-corrected chi connectivity index (χ4v) is 2.10. The summed E-state index contributed by atoms with van der Waals surface area (Å²) < 4.78 is 10.2. The first-order valence-electron chi connectivity index (χ1n) is 6.95. The maximum Gasteiger partial charge on any atom is 0.341 e. The Morgan fingerprint density at radius 3 is 2.38 bits per heavy atom. The predicted octanol–water partition coefficient (Wildman–Crippen LogP) is 2.92. The highest BCUT2D eigenvalue weighted by Crippen LogP contribution is 2.16. The molecule has 1 N–H and O–H groups in total. The minimum absolute atomic E-state index is 0.342. The minimum Gasteiger partial charge on any atom is -0.497 e. The number of methoxy groups -OCH3 is 1. The molecule has 0 radical (unpaired) electrons. The molecule has 0 heterocycles. The molecule has 0 saturated heterocycles. The van der Waals surface area contributed by atoms with Gasteiger partial charge in [-0.2, -0.15) is 0 Å². The van der Waals surface area contributed by atoms with Crippen LogP contribution < -0.4 is 10.1 Å². The topological polar surface area (TPSA) is 47.6 Å². The molecule has 5 heteroatoms. The summed E-state index contributed by atoms with van der Waals surface area (Å²) >= 11 is 0. The van der Waals surface area contributed by atoms with E-state index >= 15 is 0 Å². The summed E-state index contributed by atoms with van der Waals surface area (Å²) in [5.74, 6) is 3.43. The van der Waals surface area contributed by atoms with Crippen LogP contribution in [0.3, 0.4) is 0 Å². The Hall–Kier alpha value is -1.93. The molecule has 4 nitrogen and oxygen atoms in total. The van der Waals surface area contributed by atoms with Crippen molar-refractivity contribution in [2.75, 3.05) is 19.0 Å². The molecule has 1 rings (SSSR count). The lowest BCUT2D eigenvalue weighted by Gasteiger charge is -2.14. The summed E-state index contributed by atoms with van der Waals surface area (Å²) in [6.07, 6.45) is 0. The van der Waals surface area contributed by atoms with Crippen molar-refractivity contribution >= 4 is 19.7 Å². The van der Waals surface area contributed by atoms with Crippen LogP contribution in [0.4, 0.5) is 5.69 Å². The van der Waals surface area contributed by atoms with Gasteiger partial charge >= 0.3 is 5.97 Å². The zero-order chi connectivity index (χ0) is 15.9. The quantitative estimate of drug-likeness (QED) is 0.516. The van der Waals surface area contributed by atoms with Gasteiger partial charge in [0, 0.05) is 5.69 Å². The van der Waals surface area contributed by atoms with E-state index in [2.05, 4.69) is 36.4 Å². The van der Waals surface area contributed by atoms with Gasteiger partial charge in [-0.25, -0.2) is 4.79 Å². The first-order valence-corrected chi connectivity index (χ1v) is 10.5. The third-order valence-electron chi connectivity index (χ3n) is 2.51. The summed E-state index contributed by atoms with van der Waals surface area (Å²) in [5.41, 5.74) is 4.01. The summed E-state index contributed by atoms with van der Waals surface area (Å²) in [6, 6.07) is 6.71. The van der Waals surface area contributed by atoms with Gasteiger partial charge in [0.2, 0.25) is 0 Å². The van der Waals surface area contributed by atoms with E-state index in [1.807, 2.05) is 24.3 Å². The zero-order valence-electron chi connectivity index (χ0n) is 13.3. The first kappa shape index (κ1) is 17.1. The number of rotatable bonds is 5. The molecule has 0 bridgehead atoms. The van der Waals surface area contributed by atoms with Gasteiger partial charge in [-0.1, -0.05) is 25.6 Å². The summed E-state index contributed by atoms with van der Waals surface area (Å²) in [7, 11) is 0.0647. The molecule has 0 fully saturated rings. The van der Waals surface area contributed by atoms with E-state index in [1.54, 1.807) is 14.0 Å². The van der Waals surface area contributed by atoms with E-state index in [-0.39, 0.29) is 5.97 Å². The molecule has 0 aliphatic rings. The fourth-order valence-electron chi connectivity index (χ4n) is 1.52. The van der Waals surface area contributed by atoms with Crippen LogP contribution in [0.2, 0.25) is 19.6 Å². The van der Waals surface area contributed by atoms with Gasteiger partial charge in [0.25, 0.3) is 0 Å². The Morgan fingerprint density at radius 1 is 1.29 bits per heavy atom. The summed E-state index contributed by atoms with van der Waals surface area (Å²) in [4.78, 5) is 12.0. The molecule has 0 aromatic heterocycles. The summed E-state index contributed by atoms with van der Waals surface area (Å²) in [5, 5.41) is 3.11. The van der Waals surface area contributed by atoms with Gasteiger partial charge in [0.1, 0.15) is 13.8 Å². The number of hydrogen-bond donors (Lipinski definition) is 1. The van der Waals surface area contributed by atoms with Crippen molar-refractivity contribution < 1.29 is 14.3 Å². The average Bonchev–Trinajstić information content (AvgIpc) is 2.43. The van der Waals surface area contributed by atoms with Crippen molar-refractivity contribution in [3.05, 3.63) is 24.3 Å². The lowest BCUT2D eigenvalue weighted by molar-refractivity contribution is -0.142. The van der Waals surface area contributed by atoms with E-state index in [0.717, 1.165) is 11.4 Å². The molecule has 1 unspecified atom stereocenters. The van der Waals surface area contributed by atoms with Crippen LogP contribution in [0.1, 0.15) is 6.92 Å². The molecule has 1 aromatic carbocycles. The SMILES string of the molecule is CCOC(=O)C(C#C[Si](C)(C)C)Nc1ccc(OC)cc1. The van der Waals surface area contributed by atoms with Crippen LogP contribution in [0.15, 0.2) is 24.3 Å². The van der Waals surface area contributed by atoms with Crippen LogP contribution >= 0.6 is 0 Å². The number of esters is 1. The number of benzene rings is 1. The largest absolute Gasteiger partial charge is 0.497 e. The maximum atomic E-state index is 12.0. The molecule has 0 amide bonds. The van der Waals surface area contributed by atoms with Crippen molar-refractivity contribution in [3.8, 4) is 17.2 Å². The Balaban J connectivity index is 2.89. The zero-order valence-corrected chi connectivity index (χ0v) is 14.3. The Labute approximate surface area is 127 Å². The highest BCUT2D eigenvalue weighted by Gasteiger charge is 2.18. The van der Waals surface area contributed by atoms with Crippen molar-refractivity contribution in [3.63, 3.8) is 0 Å². The van der Waals surface area contributed by atoms with Crippen LogP contribution in [0.25, 0.3) is 0 Å². The molecule has 0 spiro atoms. The average molecular weight is 305 g/mol. The summed E-state index contributed by atoms with van der Waals surface area (Å²) in [6.45, 7) is 8.53. The first-order chi connectivity index (χ1) is 9.85. The van der Waals surface area contributed by atoms with Gasteiger partial charge < -0.3 is 14.8 Å². The highest BCUT2D eigenvalue weighted by molar-refractivity contribution is 6.83. The number of ether oxygens (including phenoxy) is 2. The number of carbonyl (C=O) groups excluding carboxylic acids is 1. The van der Waals surface area contributed by atoms with Crippen LogP contribution in [-0.4, -0.2) is 33.8 Å². The van der Waals surface area contributed by atoms with E-state index in [1.165, 1.54) is 0 Å². The maximum absolute atomic E-state index is 12.0. The van der Waals surface area contributed by atoms with E-state index < -0.39 is 14.1 Å². The Morgan fingerprint density at radius 2 is 1.90 bits per heavy atom.